The molecule has 0 aliphatic rings. The van der Waals surface area contributed by atoms with Crippen molar-refractivity contribution in [1.82, 2.24) is 5.32 Å². The number of methoxy groups -OCH3 is 1. The molecule has 0 spiro atoms. The molecule has 2 rings (SSSR count). The summed E-state index contributed by atoms with van der Waals surface area (Å²) >= 11 is 0. The van der Waals surface area contributed by atoms with Crippen LogP contribution < -0.4 is 15.4 Å². The number of aryl methyl sites for hydroxylation is 2. The normalized spacial score (nSPS) is 10.1. The van der Waals surface area contributed by atoms with E-state index in [4.69, 9.17) is 4.74 Å². The number of ether oxygens (including phenoxy) is 1. The zero-order valence-corrected chi connectivity index (χ0v) is 14.2. The van der Waals surface area contributed by atoms with Gasteiger partial charge in [-0.2, -0.15) is 0 Å². The number of nitrogens with one attached hydrogen (secondary N) is 2. The van der Waals surface area contributed by atoms with Crippen molar-refractivity contribution in [2.45, 2.75) is 20.3 Å². The van der Waals surface area contributed by atoms with E-state index in [1.54, 1.807) is 31.4 Å². The first-order chi connectivity index (χ1) is 11.5. The number of carbonyl (C=O) groups is 2. The fourth-order valence-electron chi connectivity index (χ4n) is 2.20. The summed E-state index contributed by atoms with van der Waals surface area (Å²) in [6, 6.07) is 12.7. The number of carbonyl (C=O) groups excluding carboxylic acids is 2. The lowest BCUT2D eigenvalue weighted by molar-refractivity contribution is -0.116. The molecular formula is C19H22N2O3. The van der Waals surface area contributed by atoms with Crippen LogP contribution in [0.2, 0.25) is 0 Å². The molecule has 2 amide bonds. The Labute approximate surface area is 142 Å². The Morgan fingerprint density at radius 2 is 1.83 bits per heavy atom. The number of benzene rings is 2. The second kappa shape index (κ2) is 8.15. The molecule has 0 fully saturated rings. The van der Waals surface area contributed by atoms with Crippen molar-refractivity contribution in [1.29, 1.82) is 0 Å². The Balaban J connectivity index is 1.81. The molecule has 2 aromatic rings. The van der Waals surface area contributed by atoms with Crippen molar-refractivity contribution in [3.05, 3.63) is 59.2 Å². The third kappa shape index (κ3) is 4.84. The van der Waals surface area contributed by atoms with Gasteiger partial charge >= 0.3 is 0 Å². The van der Waals surface area contributed by atoms with Crippen molar-refractivity contribution < 1.29 is 14.3 Å². The zero-order chi connectivity index (χ0) is 17.5. The molecule has 5 nitrogen and oxygen atoms in total. The van der Waals surface area contributed by atoms with Crippen molar-refractivity contribution in [2.24, 2.45) is 0 Å². The molecule has 0 aliphatic heterocycles. The van der Waals surface area contributed by atoms with E-state index < -0.39 is 0 Å². The smallest absolute Gasteiger partial charge is 0.251 e. The minimum atomic E-state index is -0.229. The first kappa shape index (κ1) is 17.5. The van der Waals surface area contributed by atoms with Crippen molar-refractivity contribution in [3.8, 4) is 5.75 Å². The van der Waals surface area contributed by atoms with Crippen molar-refractivity contribution in [2.75, 3.05) is 19.0 Å². The summed E-state index contributed by atoms with van der Waals surface area (Å²) in [5.74, 6) is 0.257. The maximum absolute atomic E-state index is 12.0. The van der Waals surface area contributed by atoms with E-state index in [2.05, 4.69) is 10.6 Å². The Bertz CT molecular complexity index is 741. The van der Waals surface area contributed by atoms with Gasteiger partial charge in [0.1, 0.15) is 5.75 Å². The first-order valence-electron chi connectivity index (χ1n) is 7.79. The largest absolute Gasteiger partial charge is 0.497 e. The third-order valence-corrected chi connectivity index (χ3v) is 3.76. The predicted octanol–water partition coefficient (Wildman–Crippen LogP) is 3.07. The lowest BCUT2D eigenvalue weighted by Crippen LogP contribution is -2.27. The van der Waals surface area contributed by atoms with Crippen LogP contribution in [0.25, 0.3) is 0 Å². The summed E-state index contributed by atoms with van der Waals surface area (Å²) in [4.78, 5) is 24.0. The van der Waals surface area contributed by atoms with Crippen LogP contribution in [-0.4, -0.2) is 25.5 Å². The quantitative estimate of drug-likeness (QED) is 0.857. The Hall–Kier alpha value is -2.82. The monoisotopic (exact) mass is 326 g/mol. The van der Waals surface area contributed by atoms with Crippen molar-refractivity contribution >= 4 is 17.5 Å². The fourth-order valence-corrected chi connectivity index (χ4v) is 2.20. The van der Waals surface area contributed by atoms with E-state index in [0.29, 0.717) is 11.3 Å². The average molecular weight is 326 g/mol. The summed E-state index contributed by atoms with van der Waals surface area (Å²) in [6.07, 6.45) is 0.211. The van der Waals surface area contributed by atoms with Gasteiger partial charge in [-0.05, 0) is 55.3 Å². The minimum Gasteiger partial charge on any atom is -0.497 e. The van der Waals surface area contributed by atoms with E-state index in [1.165, 1.54) is 5.56 Å². The van der Waals surface area contributed by atoms with Crippen LogP contribution in [0.4, 0.5) is 5.69 Å². The summed E-state index contributed by atoms with van der Waals surface area (Å²) in [5, 5.41) is 5.56. The fraction of sp³-hybridized carbons (Fsp3) is 0.263. The zero-order valence-electron chi connectivity index (χ0n) is 14.2. The molecule has 2 N–H and O–H groups in total. The molecule has 2 aromatic carbocycles. The van der Waals surface area contributed by atoms with Crippen LogP contribution in [0.3, 0.4) is 0 Å². The molecule has 0 aliphatic carbocycles. The Morgan fingerprint density at radius 3 is 2.54 bits per heavy atom. The standard InChI is InChI=1S/C19H22N2O3/c1-13-7-8-16(11-14(13)2)21-18(22)9-10-20-19(23)15-5-4-6-17(12-15)24-3/h4-8,11-12H,9-10H2,1-3H3,(H,20,23)(H,21,22). The van der Waals surface area contributed by atoms with E-state index in [1.807, 2.05) is 32.0 Å². The predicted molar refractivity (Wildman–Crippen MR) is 94.5 cm³/mol. The molecule has 0 saturated carbocycles. The third-order valence-electron chi connectivity index (χ3n) is 3.76. The maximum Gasteiger partial charge on any atom is 0.251 e. The molecule has 0 bridgehead atoms. The highest BCUT2D eigenvalue weighted by Gasteiger charge is 2.08. The van der Waals surface area contributed by atoms with Gasteiger partial charge in [0.15, 0.2) is 0 Å². The van der Waals surface area contributed by atoms with Crippen LogP contribution in [0.15, 0.2) is 42.5 Å². The highest BCUT2D eigenvalue weighted by atomic mass is 16.5. The van der Waals surface area contributed by atoms with Crippen LogP contribution >= 0.6 is 0 Å². The number of anilines is 1. The van der Waals surface area contributed by atoms with Crippen LogP contribution in [-0.2, 0) is 4.79 Å². The molecule has 0 saturated heterocycles. The molecular weight excluding hydrogens is 304 g/mol. The first-order valence-corrected chi connectivity index (χ1v) is 7.79. The van der Waals surface area contributed by atoms with Crippen LogP contribution in [0.1, 0.15) is 27.9 Å². The van der Waals surface area contributed by atoms with E-state index >= 15 is 0 Å². The number of hydrogen-bond acceptors (Lipinski definition) is 3. The van der Waals surface area contributed by atoms with Gasteiger partial charge in [-0.1, -0.05) is 12.1 Å². The van der Waals surface area contributed by atoms with Gasteiger partial charge in [0.2, 0.25) is 5.91 Å². The second-order valence-electron chi connectivity index (χ2n) is 5.59. The summed E-state index contributed by atoms with van der Waals surface area (Å²) < 4.78 is 5.09. The van der Waals surface area contributed by atoms with Gasteiger partial charge in [0.05, 0.1) is 7.11 Å². The van der Waals surface area contributed by atoms with Gasteiger partial charge in [-0.15, -0.1) is 0 Å². The molecule has 0 atom stereocenters. The molecule has 0 heterocycles. The topological polar surface area (TPSA) is 67.4 Å². The van der Waals surface area contributed by atoms with E-state index in [-0.39, 0.29) is 24.8 Å². The Morgan fingerprint density at radius 1 is 1.04 bits per heavy atom. The minimum absolute atomic E-state index is 0.135. The number of hydrogen-bond donors (Lipinski definition) is 2. The highest BCUT2D eigenvalue weighted by Crippen LogP contribution is 2.14. The SMILES string of the molecule is COc1cccc(C(=O)NCCC(=O)Nc2ccc(C)c(C)c2)c1. The van der Waals surface area contributed by atoms with E-state index in [9.17, 15) is 9.59 Å². The summed E-state index contributed by atoms with van der Waals surface area (Å²) in [5.41, 5.74) is 3.57. The summed E-state index contributed by atoms with van der Waals surface area (Å²) in [7, 11) is 1.55. The lowest BCUT2D eigenvalue weighted by Gasteiger charge is -2.09. The maximum atomic E-state index is 12.0. The van der Waals surface area contributed by atoms with Crippen LogP contribution in [0.5, 0.6) is 5.75 Å². The molecule has 126 valence electrons. The summed E-state index contributed by atoms with van der Waals surface area (Å²) in [6.45, 7) is 4.29. The number of amides is 2. The molecule has 24 heavy (non-hydrogen) atoms. The molecule has 0 unspecified atom stereocenters. The second-order valence-corrected chi connectivity index (χ2v) is 5.59. The molecule has 0 aromatic heterocycles. The number of rotatable bonds is 6. The van der Waals surface area contributed by atoms with E-state index in [0.717, 1.165) is 11.3 Å². The van der Waals surface area contributed by atoms with Crippen LogP contribution in [0, 0.1) is 13.8 Å². The van der Waals surface area contributed by atoms with Gasteiger partial charge < -0.3 is 15.4 Å². The van der Waals surface area contributed by atoms with Gasteiger partial charge in [0.25, 0.3) is 5.91 Å². The van der Waals surface area contributed by atoms with Gasteiger partial charge in [-0.3, -0.25) is 9.59 Å². The highest BCUT2D eigenvalue weighted by molar-refractivity contribution is 5.95. The Kier molecular flexibility index (Phi) is 5.95. The lowest BCUT2D eigenvalue weighted by atomic mass is 10.1. The molecule has 5 heteroatoms. The average Bonchev–Trinajstić information content (AvgIpc) is 2.58. The molecule has 0 radical (unpaired) electrons. The van der Waals surface area contributed by atoms with Gasteiger partial charge in [-0.25, -0.2) is 0 Å². The van der Waals surface area contributed by atoms with Gasteiger partial charge in [0, 0.05) is 24.2 Å². The van der Waals surface area contributed by atoms with Crippen molar-refractivity contribution in [3.63, 3.8) is 0 Å².